The SMILES string of the molecule is CCC(C#N)N1CCS(=O)CC1. The lowest BCUT2D eigenvalue weighted by Crippen LogP contribution is -2.43. The zero-order chi connectivity index (χ0) is 8.97. The number of hydrogen-bond acceptors (Lipinski definition) is 3. The van der Waals surface area contributed by atoms with Crippen molar-refractivity contribution in [2.45, 2.75) is 19.4 Å². The van der Waals surface area contributed by atoms with Gasteiger partial charge in [0.05, 0.1) is 12.1 Å². The predicted octanol–water partition coefficient (Wildman–Crippen LogP) is 0.353. The predicted molar refractivity (Wildman–Crippen MR) is 49.1 cm³/mol. The first-order valence-electron chi connectivity index (χ1n) is 4.26. The molecule has 1 fully saturated rings. The van der Waals surface area contributed by atoms with Gasteiger partial charge in [-0.15, -0.1) is 0 Å². The highest BCUT2D eigenvalue weighted by Gasteiger charge is 2.21. The van der Waals surface area contributed by atoms with E-state index >= 15 is 0 Å². The maximum Gasteiger partial charge on any atom is 0.0975 e. The second-order valence-corrected chi connectivity index (χ2v) is 4.63. The Balaban J connectivity index is 2.44. The summed E-state index contributed by atoms with van der Waals surface area (Å²) in [6.45, 7) is 3.65. The normalized spacial score (nSPS) is 23.3. The van der Waals surface area contributed by atoms with E-state index in [4.69, 9.17) is 5.26 Å². The van der Waals surface area contributed by atoms with Gasteiger partial charge in [0.15, 0.2) is 0 Å². The maximum absolute atomic E-state index is 11.0. The summed E-state index contributed by atoms with van der Waals surface area (Å²) in [5, 5.41) is 8.78. The van der Waals surface area contributed by atoms with Crippen molar-refractivity contribution in [3.8, 4) is 6.07 Å². The summed E-state index contributed by atoms with van der Waals surface area (Å²) in [4.78, 5) is 2.13. The molecular weight excluding hydrogens is 172 g/mol. The van der Waals surface area contributed by atoms with Crippen molar-refractivity contribution in [1.82, 2.24) is 4.90 Å². The molecule has 3 nitrogen and oxygen atoms in total. The van der Waals surface area contributed by atoms with Gasteiger partial charge in [0.1, 0.15) is 0 Å². The Morgan fingerprint density at radius 3 is 2.58 bits per heavy atom. The molecule has 1 aliphatic rings. The quantitative estimate of drug-likeness (QED) is 0.625. The highest BCUT2D eigenvalue weighted by atomic mass is 32.2. The molecule has 0 radical (unpaired) electrons. The van der Waals surface area contributed by atoms with Crippen LogP contribution in [0.2, 0.25) is 0 Å². The molecule has 0 saturated carbocycles. The monoisotopic (exact) mass is 186 g/mol. The molecule has 4 heteroatoms. The van der Waals surface area contributed by atoms with Crippen molar-refractivity contribution in [3.05, 3.63) is 0 Å². The molecule has 68 valence electrons. The van der Waals surface area contributed by atoms with E-state index in [-0.39, 0.29) is 6.04 Å². The van der Waals surface area contributed by atoms with E-state index in [1.807, 2.05) is 6.92 Å². The van der Waals surface area contributed by atoms with Crippen molar-refractivity contribution in [2.75, 3.05) is 24.6 Å². The van der Waals surface area contributed by atoms with Gasteiger partial charge in [0, 0.05) is 35.4 Å². The molecule has 0 bridgehead atoms. The second kappa shape index (κ2) is 4.58. The molecule has 1 atom stereocenters. The Hall–Kier alpha value is -0.400. The largest absolute Gasteiger partial charge is 0.286 e. The van der Waals surface area contributed by atoms with Crippen LogP contribution >= 0.6 is 0 Å². The number of nitriles is 1. The molecule has 0 aromatic carbocycles. The van der Waals surface area contributed by atoms with Crippen LogP contribution in [0.3, 0.4) is 0 Å². The molecule has 12 heavy (non-hydrogen) atoms. The summed E-state index contributed by atoms with van der Waals surface area (Å²) in [5.74, 6) is 1.47. The van der Waals surface area contributed by atoms with Crippen LogP contribution in [0.1, 0.15) is 13.3 Å². The molecule has 0 aromatic rings. The van der Waals surface area contributed by atoms with E-state index in [1.165, 1.54) is 0 Å². The summed E-state index contributed by atoms with van der Waals surface area (Å²) in [7, 11) is -0.632. The summed E-state index contributed by atoms with van der Waals surface area (Å²) in [5.41, 5.74) is 0. The second-order valence-electron chi connectivity index (χ2n) is 2.94. The number of hydrogen-bond donors (Lipinski definition) is 0. The first kappa shape index (κ1) is 9.69. The van der Waals surface area contributed by atoms with Gasteiger partial charge in [-0.05, 0) is 6.42 Å². The van der Waals surface area contributed by atoms with Crippen LogP contribution in [0.5, 0.6) is 0 Å². The molecule has 1 unspecified atom stereocenters. The molecule has 1 saturated heterocycles. The van der Waals surface area contributed by atoms with Crippen molar-refractivity contribution in [3.63, 3.8) is 0 Å². The van der Waals surface area contributed by atoms with Crippen molar-refractivity contribution >= 4 is 10.8 Å². The van der Waals surface area contributed by atoms with Gasteiger partial charge in [-0.2, -0.15) is 5.26 Å². The van der Waals surface area contributed by atoms with Crippen molar-refractivity contribution in [2.24, 2.45) is 0 Å². The Labute approximate surface area is 75.8 Å². The molecule has 0 N–H and O–H groups in total. The molecule has 0 spiro atoms. The fraction of sp³-hybridized carbons (Fsp3) is 0.875. The summed E-state index contributed by atoms with van der Waals surface area (Å²) < 4.78 is 11.0. The molecule has 0 aromatic heterocycles. The van der Waals surface area contributed by atoms with Gasteiger partial charge in [-0.1, -0.05) is 6.92 Å². The summed E-state index contributed by atoms with van der Waals surface area (Å²) in [6, 6.07) is 2.29. The highest BCUT2D eigenvalue weighted by Crippen LogP contribution is 2.07. The first-order valence-corrected chi connectivity index (χ1v) is 5.75. The van der Waals surface area contributed by atoms with Gasteiger partial charge >= 0.3 is 0 Å². The Morgan fingerprint density at radius 1 is 1.58 bits per heavy atom. The number of nitrogens with zero attached hydrogens (tertiary/aromatic N) is 2. The van der Waals surface area contributed by atoms with Crippen molar-refractivity contribution in [1.29, 1.82) is 5.26 Å². The van der Waals surface area contributed by atoms with Crippen LogP contribution in [0.25, 0.3) is 0 Å². The van der Waals surface area contributed by atoms with E-state index in [9.17, 15) is 4.21 Å². The van der Waals surface area contributed by atoms with Crippen LogP contribution in [0.4, 0.5) is 0 Å². The minimum absolute atomic E-state index is 0.0299. The molecule has 0 amide bonds. The average molecular weight is 186 g/mol. The lowest BCUT2D eigenvalue weighted by molar-refractivity contribution is 0.251. The van der Waals surface area contributed by atoms with Crippen LogP contribution < -0.4 is 0 Å². The highest BCUT2D eigenvalue weighted by molar-refractivity contribution is 7.85. The minimum atomic E-state index is -0.632. The lowest BCUT2D eigenvalue weighted by atomic mass is 10.2. The smallest absolute Gasteiger partial charge is 0.0975 e. The van der Waals surface area contributed by atoms with Crippen LogP contribution in [-0.2, 0) is 10.8 Å². The fourth-order valence-electron chi connectivity index (χ4n) is 1.39. The number of rotatable bonds is 2. The zero-order valence-corrected chi connectivity index (χ0v) is 8.14. The topological polar surface area (TPSA) is 44.1 Å². The minimum Gasteiger partial charge on any atom is -0.286 e. The third-order valence-electron chi connectivity index (χ3n) is 2.19. The molecule has 1 aliphatic heterocycles. The van der Waals surface area contributed by atoms with Gasteiger partial charge in [-0.3, -0.25) is 9.11 Å². The summed E-state index contributed by atoms with van der Waals surface area (Å²) in [6.07, 6.45) is 0.864. The third kappa shape index (κ3) is 2.29. The zero-order valence-electron chi connectivity index (χ0n) is 7.32. The van der Waals surface area contributed by atoms with E-state index < -0.39 is 10.8 Å². The van der Waals surface area contributed by atoms with E-state index in [2.05, 4.69) is 11.0 Å². The Morgan fingerprint density at radius 2 is 2.17 bits per heavy atom. The van der Waals surface area contributed by atoms with Crippen molar-refractivity contribution < 1.29 is 4.21 Å². The van der Waals surface area contributed by atoms with E-state index in [0.29, 0.717) is 0 Å². The molecule has 1 heterocycles. The maximum atomic E-state index is 11.0. The van der Waals surface area contributed by atoms with Gasteiger partial charge in [0.25, 0.3) is 0 Å². The Kier molecular flexibility index (Phi) is 3.70. The first-order chi connectivity index (χ1) is 5.77. The van der Waals surface area contributed by atoms with Crippen LogP contribution in [-0.4, -0.2) is 39.7 Å². The Bertz CT molecular complexity index is 202. The molecular formula is C8H14N2OS. The van der Waals surface area contributed by atoms with Gasteiger partial charge < -0.3 is 0 Å². The van der Waals surface area contributed by atoms with E-state index in [1.54, 1.807) is 0 Å². The lowest BCUT2D eigenvalue weighted by Gasteiger charge is -2.29. The third-order valence-corrected chi connectivity index (χ3v) is 3.46. The average Bonchev–Trinajstić information content (AvgIpc) is 2.10. The molecule has 1 rings (SSSR count). The van der Waals surface area contributed by atoms with E-state index in [0.717, 1.165) is 31.0 Å². The van der Waals surface area contributed by atoms with Gasteiger partial charge in [-0.25, -0.2) is 0 Å². The van der Waals surface area contributed by atoms with Gasteiger partial charge in [0.2, 0.25) is 0 Å². The van der Waals surface area contributed by atoms with Crippen LogP contribution in [0.15, 0.2) is 0 Å². The van der Waals surface area contributed by atoms with Crippen LogP contribution in [0, 0.1) is 11.3 Å². The molecule has 0 aliphatic carbocycles. The fourth-order valence-corrected chi connectivity index (χ4v) is 2.48. The summed E-state index contributed by atoms with van der Waals surface area (Å²) >= 11 is 0. The standard InChI is InChI=1S/C8H14N2OS/c1-2-8(7-9)10-3-5-12(11)6-4-10/h8H,2-6H2,1H3.